The Morgan fingerprint density at radius 1 is 1.10 bits per heavy atom. The first-order valence-electron chi connectivity index (χ1n) is 14.2. The minimum Gasteiger partial charge on any atom is -0.466 e. The summed E-state index contributed by atoms with van der Waals surface area (Å²) >= 11 is 0. The second-order valence-electron chi connectivity index (χ2n) is 11.2. The average Bonchev–Trinajstić information content (AvgIpc) is 3.89. The highest BCUT2D eigenvalue weighted by atomic mass is 19.1. The topological polar surface area (TPSA) is 76.8 Å². The summed E-state index contributed by atoms with van der Waals surface area (Å²) in [5, 5.41) is 0. The molecule has 8 heteroatoms. The lowest BCUT2D eigenvalue weighted by Gasteiger charge is -2.35. The maximum absolute atomic E-state index is 15.4. The fourth-order valence-corrected chi connectivity index (χ4v) is 6.16. The molecule has 2 aromatic heterocycles. The Labute approximate surface area is 232 Å². The number of carbonyl (C=O) groups excluding carboxylic acids is 2. The minimum absolute atomic E-state index is 0.00970. The van der Waals surface area contributed by atoms with Crippen LogP contribution < -0.4 is 0 Å². The molecule has 2 aliphatic carbocycles. The molecule has 2 saturated carbocycles. The normalized spacial score (nSPS) is 21.8. The molecular weight excluding hydrogens is 507 g/mol. The minimum atomic E-state index is -0.388. The molecule has 0 bridgehead atoms. The zero-order valence-corrected chi connectivity index (χ0v) is 22.6. The first-order chi connectivity index (χ1) is 19.4. The van der Waals surface area contributed by atoms with Crippen LogP contribution >= 0.6 is 0 Å². The van der Waals surface area contributed by atoms with Crippen LogP contribution in [0.15, 0.2) is 54.7 Å². The van der Waals surface area contributed by atoms with E-state index in [0.29, 0.717) is 48.2 Å². The number of fused-ring (bicyclic) bond motifs is 2. The van der Waals surface area contributed by atoms with Crippen molar-refractivity contribution in [3.63, 3.8) is 0 Å². The Morgan fingerprint density at radius 3 is 2.70 bits per heavy atom. The summed E-state index contributed by atoms with van der Waals surface area (Å²) in [6, 6.07) is 15.2. The molecule has 2 aromatic carbocycles. The second kappa shape index (κ2) is 9.54. The van der Waals surface area contributed by atoms with Gasteiger partial charge in [-0.3, -0.25) is 14.0 Å². The highest BCUT2D eigenvalue weighted by Gasteiger charge is 2.45. The number of aromatic nitrogens is 3. The van der Waals surface area contributed by atoms with Crippen molar-refractivity contribution >= 4 is 17.7 Å². The van der Waals surface area contributed by atoms with Gasteiger partial charge in [0, 0.05) is 24.0 Å². The molecule has 204 valence electrons. The SMILES string of the molecule is CCOC(=O)[C@@H]1C[C@H]1c1ccc(-c2cn3c(C4CC4)cc(C(=O)N4CCc5ccccc5[C@H]4C)nc3n2)c(F)c1. The van der Waals surface area contributed by atoms with Gasteiger partial charge in [-0.05, 0) is 86.3 Å². The first kappa shape index (κ1) is 24.9. The summed E-state index contributed by atoms with van der Waals surface area (Å²) in [5.41, 5.74) is 5.47. The van der Waals surface area contributed by atoms with Crippen LogP contribution in [0.2, 0.25) is 0 Å². The van der Waals surface area contributed by atoms with Crippen LogP contribution in [-0.4, -0.2) is 44.3 Å². The molecule has 40 heavy (non-hydrogen) atoms. The zero-order chi connectivity index (χ0) is 27.5. The van der Waals surface area contributed by atoms with E-state index in [1.54, 1.807) is 13.0 Å². The van der Waals surface area contributed by atoms with Crippen molar-refractivity contribution in [2.24, 2.45) is 5.92 Å². The number of carbonyl (C=O) groups is 2. The summed E-state index contributed by atoms with van der Waals surface area (Å²) in [6.45, 7) is 4.83. The molecule has 3 heterocycles. The third-order valence-corrected chi connectivity index (χ3v) is 8.62. The summed E-state index contributed by atoms with van der Waals surface area (Å²) in [7, 11) is 0. The van der Waals surface area contributed by atoms with Crippen LogP contribution in [0.25, 0.3) is 17.0 Å². The number of benzene rings is 2. The predicted octanol–water partition coefficient (Wildman–Crippen LogP) is 5.84. The van der Waals surface area contributed by atoms with Crippen molar-refractivity contribution in [1.82, 2.24) is 19.3 Å². The molecule has 0 saturated heterocycles. The van der Waals surface area contributed by atoms with E-state index in [2.05, 4.69) is 29.0 Å². The number of nitrogens with zero attached hydrogens (tertiary/aromatic N) is 4. The van der Waals surface area contributed by atoms with Gasteiger partial charge in [0.25, 0.3) is 5.91 Å². The Hall–Kier alpha value is -4.07. The third kappa shape index (κ3) is 4.26. The number of halogens is 1. The average molecular weight is 539 g/mol. The van der Waals surface area contributed by atoms with Gasteiger partial charge in [0.2, 0.25) is 5.78 Å². The van der Waals surface area contributed by atoms with Crippen molar-refractivity contribution in [3.05, 3.63) is 88.6 Å². The van der Waals surface area contributed by atoms with E-state index in [1.165, 1.54) is 17.2 Å². The third-order valence-electron chi connectivity index (χ3n) is 8.62. The highest BCUT2D eigenvalue weighted by molar-refractivity contribution is 5.93. The van der Waals surface area contributed by atoms with E-state index < -0.39 is 0 Å². The smallest absolute Gasteiger partial charge is 0.309 e. The van der Waals surface area contributed by atoms with Gasteiger partial charge in [0.15, 0.2) is 0 Å². The highest BCUT2D eigenvalue weighted by Crippen LogP contribution is 2.49. The van der Waals surface area contributed by atoms with E-state index in [0.717, 1.165) is 30.5 Å². The summed E-state index contributed by atoms with van der Waals surface area (Å²) in [5.74, 6) is -0.180. The Kier molecular flexibility index (Phi) is 5.95. The van der Waals surface area contributed by atoms with Crippen molar-refractivity contribution in [2.75, 3.05) is 13.2 Å². The van der Waals surface area contributed by atoms with Gasteiger partial charge in [-0.25, -0.2) is 14.4 Å². The lowest BCUT2D eigenvalue weighted by Crippen LogP contribution is -2.39. The van der Waals surface area contributed by atoms with Gasteiger partial charge in [-0.15, -0.1) is 0 Å². The molecule has 0 N–H and O–H groups in total. The van der Waals surface area contributed by atoms with Crippen molar-refractivity contribution < 1.29 is 18.7 Å². The van der Waals surface area contributed by atoms with Crippen molar-refractivity contribution in [1.29, 1.82) is 0 Å². The number of amides is 1. The number of rotatable bonds is 6. The molecule has 2 fully saturated rings. The van der Waals surface area contributed by atoms with E-state index in [9.17, 15) is 9.59 Å². The van der Waals surface area contributed by atoms with Gasteiger partial charge in [0.1, 0.15) is 11.5 Å². The zero-order valence-electron chi connectivity index (χ0n) is 22.6. The number of imidazole rings is 1. The quantitative estimate of drug-likeness (QED) is 0.288. The molecule has 7 rings (SSSR count). The van der Waals surface area contributed by atoms with Crippen LogP contribution in [0.3, 0.4) is 0 Å². The number of hydrogen-bond donors (Lipinski definition) is 0. The maximum Gasteiger partial charge on any atom is 0.309 e. The second-order valence-corrected chi connectivity index (χ2v) is 11.2. The van der Waals surface area contributed by atoms with Gasteiger partial charge in [0.05, 0.1) is 24.3 Å². The molecule has 3 atom stereocenters. The molecule has 7 nitrogen and oxygen atoms in total. The maximum atomic E-state index is 15.4. The monoisotopic (exact) mass is 538 g/mol. The largest absolute Gasteiger partial charge is 0.466 e. The molecule has 0 unspecified atom stereocenters. The van der Waals surface area contributed by atoms with Crippen LogP contribution in [-0.2, 0) is 16.0 Å². The number of esters is 1. The van der Waals surface area contributed by atoms with E-state index >= 15 is 4.39 Å². The number of hydrogen-bond acceptors (Lipinski definition) is 5. The van der Waals surface area contributed by atoms with Crippen LogP contribution in [0.1, 0.15) is 83.9 Å². The van der Waals surface area contributed by atoms with Crippen LogP contribution in [0, 0.1) is 11.7 Å². The molecule has 0 radical (unpaired) electrons. The molecule has 3 aliphatic rings. The standard InChI is InChI=1S/C32H31FN4O3/c1-3-40-31(39)25-15-24(25)21-10-11-23(26(33)14-21)28-17-37-29(20-8-9-20)16-27(34-32(37)35-28)30(38)36-13-12-19-6-4-5-7-22(19)18(36)2/h4-7,10-11,14,16-18,20,24-25H,3,8-9,12-13,15H2,1-2H3/t18-,24+,25-/m1/s1. The first-order valence-corrected chi connectivity index (χ1v) is 14.2. The van der Waals surface area contributed by atoms with Crippen LogP contribution in [0.5, 0.6) is 0 Å². The van der Waals surface area contributed by atoms with Crippen LogP contribution in [0.4, 0.5) is 4.39 Å². The Balaban J connectivity index is 1.20. The molecule has 1 amide bonds. The molecule has 0 spiro atoms. The fraction of sp³-hybridized carbons (Fsp3) is 0.375. The van der Waals surface area contributed by atoms with Gasteiger partial charge in [-0.1, -0.05) is 30.3 Å². The van der Waals surface area contributed by atoms with E-state index in [-0.39, 0.29) is 35.6 Å². The summed E-state index contributed by atoms with van der Waals surface area (Å²) in [6.07, 6.45) is 5.40. The molecule has 4 aromatic rings. The summed E-state index contributed by atoms with van der Waals surface area (Å²) in [4.78, 5) is 37.0. The molecule has 1 aliphatic heterocycles. The van der Waals surface area contributed by atoms with Crippen molar-refractivity contribution in [2.45, 2.75) is 57.4 Å². The number of ether oxygens (including phenoxy) is 1. The van der Waals surface area contributed by atoms with E-state index in [4.69, 9.17) is 4.74 Å². The van der Waals surface area contributed by atoms with Gasteiger partial charge >= 0.3 is 5.97 Å². The summed E-state index contributed by atoms with van der Waals surface area (Å²) < 4.78 is 22.4. The lowest BCUT2D eigenvalue weighted by atomic mass is 9.93. The van der Waals surface area contributed by atoms with E-state index in [1.807, 2.05) is 39.8 Å². The fourth-order valence-electron chi connectivity index (χ4n) is 6.16. The van der Waals surface area contributed by atoms with Crippen molar-refractivity contribution in [3.8, 4) is 11.3 Å². The Bertz CT molecular complexity index is 1660. The van der Waals surface area contributed by atoms with Gasteiger partial charge < -0.3 is 9.64 Å². The van der Waals surface area contributed by atoms with Gasteiger partial charge in [-0.2, -0.15) is 0 Å². The Morgan fingerprint density at radius 2 is 1.93 bits per heavy atom. The predicted molar refractivity (Wildman–Crippen MR) is 147 cm³/mol. The molecular formula is C32H31FN4O3. The lowest BCUT2D eigenvalue weighted by molar-refractivity contribution is -0.144.